The minimum Gasteiger partial charge on any atom is -0.371 e. The molecule has 0 saturated carbocycles. The number of nitrogens with zero attached hydrogens (tertiary/aromatic N) is 1. The van der Waals surface area contributed by atoms with Crippen LogP contribution < -0.4 is 10.6 Å². The zero-order chi connectivity index (χ0) is 12.3. The van der Waals surface area contributed by atoms with E-state index in [1.54, 1.807) is 0 Å². The first-order valence-electron chi connectivity index (χ1n) is 6.02. The van der Waals surface area contributed by atoms with Crippen LogP contribution in [0.3, 0.4) is 0 Å². The average Bonchev–Trinajstić information content (AvgIpc) is 2.52. The lowest BCUT2D eigenvalue weighted by Gasteiger charge is -2.24. The van der Waals surface area contributed by atoms with Gasteiger partial charge in [0.05, 0.1) is 0 Å². The third-order valence-corrected chi connectivity index (χ3v) is 3.66. The third kappa shape index (κ3) is 3.11. The number of nitrogens with two attached hydrogens (primary N) is 1. The minimum absolute atomic E-state index is 0.121. The number of benzene rings is 1. The van der Waals surface area contributed by atoms with Gasteiger partial charge in [0.15, 0.2) is 0 Å². The predicted molar refractivity (Wildman–Crippen MR) is 70.4 cm³/mol. The first kappa shape index (κ1) is 12.7. The summed E-state index contributed by atoms with van der Waals surface area (Å²) >= 11 is 5.97. The van der Waals surface area contributed by atoms with E-state index < -0.39 is 5.67 Å². The van der Waals surface area contributed by atoms with E-state index in [0.717, 1.165) is 23.7 Å². The highest BCUT2D eigenvalue weighted by Crippen LogP contribution is 2.28. The Morgan fingerprint density at radius 2 is 2.18 bits per heavy atom. The molecular formula is C13H18ClFN2. The van der Waals surface area contributed by atoms with E-state index in [1.165, 1.54) is 0 Å². The smallest absolute Gasteiger partial charge is 0.124 e. The molecule has 0 amide bonds. The van der Waals surface area contributed by atoms with Gasteiger partial charge in [-0.1, -0.05) is 17.7 Å². The van der Waals surface area contributed by atoms with Crippen LogP contribution in [0.1, 0.15) is 19.3 Å². The molecular weight excluding hydrogens is 239 g/mol. The highest BCUT2D eigenvalue weighted by molar-refractivity contribution is 6.30. The Morgan fingerprint density at radius 3 is 2.88 bits per heavy atom. The molecule has 0 spiro atoms. The van der Waals surface area contributed by atoms with Gasteiger partial charge in [-0.15, -0.1) is 0 Å². The van der Waals surface area contributed by atoms with Gasteiger partial charge in [-0.25, -0.2) is 4.39 Å². The van der Waals surface area contributed by atoms with E-state index in [1.807, 2.05) is 24.3 Å². The van der Waals surface area contributed by atoms with Gasteiger partial charge < -0.3 is 10.6 Å². The number of rotatable bonds is 2. The van der Waals surface area contributed by atoms with Crippen LogP contribution in [0.25, 0.3) is 0 Å². The topological polar surface area (TPSA) is 29.3 Å². The molecule has 0 bridgehead atoms. The predicted octanol–water partition coefficient (Wildman–Crippen LogP) is 3.00. The Labute approximate surface area is 107 Å². The van der Waals surface area contributed by atoms with Crippen LogP contribution in [0.15, 0.2) is 24.3 Å². The standard InChI is InChI=1S/C13H18ClFN2/c14-11-3-1-4-12(9-11)17-7-2-5-13(15,10-16)6-8-17/h1,3-4,9H,2,5-8,10,16H2. The van der Waals surface area contributed by atoms with Crippen molar-refractivity contribution in [2.45, 2.75) is 24.9 Å². The SMILES string of the molecule is NCC1(F)CCCN(c2cccc(Cl)c2)CC1. The lowest BCUT2D eigenvalue weighted by molar-refractivity contribution is 0.155. The lowest BCUT2D eigenvalue weighted by atomic mass is 9.97. The molecule has 4 heteroatoms. The molecule has 2 N–H and O–H groups in total. The maximum absolute atomic E-state index is 14.2. The van der Waals surface area contributed by atoms with Crippen molar-refractivity contribution in [1.29, 1.82) is 0 Å². The molecule has 1 saturated heterocycles. The second-order valence-corrected chi connectivity index (χ2v) is 5.11. The molecule has 0 aliphatic carbocycles. The van der Waals surface area contributed by atoms with Gasteiger partial charge in [0.25, 0.3) is 0 Å². The van der Waals surface area contributed by atoms with Crippen LogP contribution in [-0.2, 0) is 0 Å². The summed E-state index contributed by atoms with van der Waals surface area (Å²) in [6, 6.07) is 7.71. The van der Waals surface area contributed by atoms with E-state index in [0.29, 0.717) is 19.4 Å². The average molecular weight is 257 g/mol. The molecule has 1 heterocycles. The van der Waals surface area contributed by atoms with E-state index >= 15 is 0 Å². The molecule has 17 heavy (non-hydrogen) atoms. The van der Waals surface area contributed by atoms with Crippen LogP contribution in [-0.4, -0.2) is 25.3 Å². The van der Waals surface area contributed by atoms with Crippen molar-refractivity contribution in [2.75, 3.05) is 24.5 Å². The molecule has 2 rings (SSSR count). The Kier molecular flexibility index (Phi) is 3.89. The molecule has 1 atom stereocenters. The molecule has 1 aliphatic rings. The van der Waals surface area contributed by atoms with E-state index in [4.69, 9.17) is 17.3 Å². The van der Waals surface area contributed by atoms with Gasteiger partial charge in [-0.2, -0.15) is 0 Å². The minimum atomic E-state index is -1.19. The summed E-state index contributed by atoms with van der Waals surface area (Å²) in [5.74, 6) is 0. The van der Waals surface area contributed by atoms with E-state index in [2.05, 4.69) is 4.90 Å². The summed E-state index contributed by atoms with van der Waals surface area (Å²) in [4.78, 5) is 2.18. The normalized spacial score (nSPS) is 25.7. The number of hydrogen-bond donors (Lipinski definition) is 1. The molecule has 2 nitrogen and oxygen atoms in total. The fraction of sp³-hybridized carbons (Fsp3) is 0.538. The van der Waals surface area contributed by atoms with Gasteiger partial charge in [-0.3, -0.25) is 0 Å². The molecule has 0 radical (unpaired) electrons. The maximum atomic E-state index is 14.2. The van der Waals surface area contributed by atoms with E-state index in [-0.39, 0.29) is 6.54 Å². The number of halogens is 2. The molecule has 1 unspecified atom stereocenters. The van der Waals surface area contributed by atoms with Crippen LogP contribution in [0.5, 0.6) is 0 Å². The Morgan fingerprint density at radius 1 is 1.35 bits per heavy atom. The Balaban J connectivity index is 2.09. The summed E-state index contributed by atoms with van der Waals surface area (Å²) in [7, 11) is 0. The zero-order valence-electron chi connectivity index (χ0n) is 9.83. The maximum Gasteiger partial charge on any atom is 0.124 e. The highest BCUT2D eigenvalue weighted by Gasteiger charge is 2.30. The molecule has 1 aromatic carbocycles. The second kappa shape index (κ2) is 5.23. The van der Waals surface area contributed by atoms with Crippen molar-refractivity contribution in [3.05, 3.63) is 29.3 Å². The van der Waals surface area contributed by atoms with Crippen LogP contribution in [0.2, 0.25) is 5.02 Å². The van der Waals surface area contributed by atoms with Crippen molar-refractivity contribution in [1.82, 2.24) is 0 Å². The molecule has 94 valence electrons. The highest BCUT2D eigenvalue weighted by atomic mass is 35.5. The van der Waals surface area contributed by atoms with Gasteiger partial charge in [0, 0.05) is 36.8 Å². The first-order chi connectivity index (χ1) is 8.13. The zero-order valence-corrected chi connectivity index (χ0v) is 10.6. The van der Waals surface area contributed by atoms with Gasteiger partial charge in [0.1, 0.15) is 5.67 Å². The fourth-order valence-electron chi connectivity index (χ4n) is 2.29. The van der Waals surface area contributed by atoms with Gasteiger partial charge in [0.2, 0.25) is 0 Å². The fourth-order valence-corrected chi connectivity index (χ4v) is 2.48. The molecule has 1 aliphatic heterocycles. The summed E-state index contributed by atoms with van der Waals surface area (Å²) < 4.78 is 14.2. The summed E-state index contributed by atoms with van der Waals surface area (Å²) in [5.41, 5.74) is 5.38. The van der Waals surface area contributed by atoms with Crippen LogP contribution in [0.4, 0.5) is 10.1 Å². The first-order valence-corrected chi connectivity index (χ1v) is 6.40. The van der Waals surface area contributed by atoms with Crippen LogP contribution >= 0.6 is 11.6 Å². The summed E-state index contributed by atoms with van der Waals surface area (Å²) in [5, 5.41) is 0.720. The quantitative estimate of drug-likeness (QED) is 0.882. The van der Waals surface area contributed by atoms with Crippen molar-refractivity contribution in [2.24, 2.45) is 5.73 Å². The van der Waals surface area contributed by atoms with Gasteiger partial charge >= 0.3 is 0 Å². The number of alkyl halides is 1. The molecule has 0 aromatic heterocycles. The molecule has 1 fully saturated rings. The summed E-state index contributed by atoms with van der Waals surface area (Å²) in [6.45, 7) is 1.69. The van der Waals surface area contributed by atoms with E-state index in [9.17, 15) is 4.39 Å². The Hall–Kier alpha value is -0.800. The Bertz CT molecular complexity index is 385. The molecule has 1 aromatic rings. The number of hydrogen-bond acceptors (Lipinski definition) is 2. The van der Waals surface area contributed by atoms with Crippen molar-refractivity contribution < 1.29 is 4.39 Å². The van der Waals surface area contributed by atoms with Crippen molar-refractivity contribution in [3.63, 3.8) is 0 Å². The van der Waals surface area contributed by atoms with Crippen molar-refractivity contribution in [3.8, 4) is 0 Å². The largest absolute Gasteiger partial charge is 0.371 e. The van der Waals surface area contributed by atoms with Gasteiger partial charge in [-0.05, 0) is 31.0 Å². The lowest BCUT2D eigenvalue weighted by Crippen LogP contribution is -2.34. The van der Waals surface area contributed by atoms with Crippen molar-refractivity contribution >= 4 is 17.3 Å². The second-order valence-electron chi connectivity index (χ2n) is 4.68. The third-order valence-electron chi connectivity index (χ3n) is 3.42. The summed E-state index contributed by atoms with van der Waals surface area (Å²) in [6.07, 6.45) is 1.89. The monoisotopic (exact) mass is 256 g/mol. The number of anilines is 1. The van der Waals surface area contributed by atoms with Crippen LogP contribution in [0, 0.1) is 0 Å².